The zero-order chi connectivity index (χ0) is 19.1. The van der Waals surface area contributed by atoms with Crippen molar-refractivity contribution in [2.75, 3.05) is 18.6 Å². The van der Waals surface area contributed by atoms with Gasteiger partial charge < -0.3 is 9.64 Å². The Morgan fingerprint density at radius 1 is 1.23 bits per heavy atom. The SMILES string of the molecule is Cc1cc(C(=O)OCC(=O)C=C2N(C)c3ccccc3C2(C)C)c(C)s1. The normalized spacial score (nSPS) is 16.7. The molecule has 4 nitrogen and oxygen atoms in total. The van der Waals surface area contributed by atoms with Gasteiger partial charge in [0, 0.05) is 39.7 Å². The molecular weight excluding hydrogens is 346 g/mol. The number of thiophene rings is 1. The fraction of sp³-hybridized carbons (Fsp3) is 0.333. The molecule has 2 aromatic rings. The highest BCUT2D eigenvalue weighted by Gasteiger charge is 2.38. The zero-order valence-electron chi connectivity index (χ0n) is 15.8. The molecule has 0 spiro atoms. The third kappa shape index (κ3) is 3.19. The fourth-order valence-corrected chi connectivity index (χ4v) is 4.41. The number of ketones is 1. The largest absolute Gasteiger partial charge is 0.454 e. The van der Waals surface area contributed by atoms with E-state index in [9.17, 15) is 9.59 Å². The average Bonchev–Trinajstić information content (AvgIpc) is 3.03. The summed E-state index contributed by atoms with van der Waals surface area (Å²) >= 11 is 1.55. The van der Waals surface area contributed by atoms with Crippen molar-refractivity contribution in [2.24, 2.45) is 0 Å². The van der Waals surface area contributed by atoms with Gasteiger partial charge in [0.1, 0.15) is 0 Å². The van der Waals surface area contributed by atoms with Gasteiger partial charge in [0.05, 0.1) is 5.56 Å². The molecule has 0 aliphatic carbocycles. The second-order valence-corrected chi connectivity index (χ2v) is 8.56. The van der Waals surface area contributed by atoms with E-state index >= 15 is 0 Å². The number of carbonyl (C=O) groups is 2. The number of para-hydroxylation sites is 1. The van der Waals surface area contributed by atoms with Crippen molar-refractivity contribution in [3.05, 3.63) is 63.0 Å². The molecule has 5 heteroatoms. The predicted octanol–water partition coefficient (Wildman–Crippen LogP) is 4.40. The van der Waals surface area contributed by atoms with Gasteiger partial charge in [-0.3, -0.25) is 4.79 Å². The lowest BCUT2D eigenvalue weighted by Gasteiger charge is -2.23. The van der Waals surface area contributed by atoms with E-state index in [0.29, 0.717) is 5.56 Å². The highest BCUT2D eigenvalue weighted by Crippen LogP contribution is 2.46. The van der Waals surface area contributed by atoms with Gasteiger partial charge in [0.2, 0.25) is 0 Å². The predicted molar refractivity (Wildman–Crippen MR) is 105 cm³/mol. The number of fused-ring (bicyclic) bond motifs is 1. The Morgan fingerprint density at radius 3 is 2.54 bits per heavy atom. The van der Waals surface area contributed by atoms with Crippen LogP contribution in [-0.4, -0.2) is 25.4 Å². The first kappa shape index (κ1) is 18.4. The van der Waals surface area contributed by atoms with E-state index in [2.05, 4.69) is 19.9 Å². The molecule has 3 rings (SSSR count). The molecule has 1 aromatic heterocycles. The molecule has 0 radical (unpaired) electrons. The van der Waals surface area contributed by atoms with Gasteiger partial charge in [0.15, 0.2) is 12.4 Å². The monoisotopic (exact) mass is 369 g/mol. The van der Waals surface area contributed by atoms with Gasteiger partial charge in [-0.2, -0.15) is 0 Å². The van der Waals surface area contributed by atoms with Crippen molar-refractivity contribution in [1.29, 1.82) is 0 Å². The Labute approximate surface area is 158 Å². The first-order valence-electron chi connectivity index (χ1n) is 8.54. The highest BCUT2D eigenvalue weighted by molar-refractivity contribution is 7.12. The van der Waals surface area contributed by atoms with Crippen molar-refractivity contribution >= 4 is 28.8 Å². The van der Waals surface area contributed by atoms with Crippen LogP contribution in [0.15, 0.2) is 42.1 Å². The van der Waals surface area contributed by atoms with Gasteiger partial charge in [0.25, 0.3) is 0 Å². The summed E-state index contributed by atoms with van der Waals surface area (Å²) in [5.41, 5.74) is 3.45. The Kier molecular flexibility index (Phi) is 4.76. The van der Waals surface area contributed by atoms with Crippen LogP contribution in [0.4, 0.5) is 5.69 Å². The van der Waals surface area contributed by atoms with Gasteiger partial charge in [-0.1, -0.05) is 32.0 Å². The van der Waals surface area contributed by atoms with Crippen LogP contribution >= 0.6 is 11.3 Å². The van der Waals surface area contributed by atoms with Crippen molar-refractivity contribution in [2.45, 2.75) is 33.1 Å². The molecular formula is C21H23NO3S. The maximum absolute atomic E-state index is 12.4. The summed E-state index contributed by atoms with van der Waals surface area (Å²) in [6, 6.07) is 9.92. The number of ether oxygens (including phenoxy) is 1. The van der Waals surface area contributed by atoms with E-state index in [-0.39, 0.29) is 17.8 Å². The molecule has 0 atom stereocenters. The minimum absolute atomic E-state index is 0.217. The third-order valence-corrected chi connectivity index (χ3v) is 5.81. The van der Waals surface area contributed by atoms with Crippen molar-refractivity contribution in [1.82, 2.24) is 0 Å². The van der Waals surface area contributed by atoms with Crippen LogP contribution in [0.25, 0.3) is 0 Å². The van der Waals surface area contributed by atoms with Crippen LogP contribution in [0.5, 0.6) is 0 Å². The second kappa shape index (κ2) is 6.72. The molecule has 0 unspecified atom stereocenters. The number of esters is 1. The van der Waals surface area contributed by atoms with E-state index in [1.54, 1.807) is 23.5 Å². The van der Waals surface area contributed by atoms with Gasteiger partial charge in [-0.05, 0) is 31.5 Å². The number of likely N-dealkylation sites (N-methyl/N-ethyl adjacent to an activating group) is 1. The van der Waals surface area contributed by atoms with Gasteiger partial charge in [-0.15, -0.1) is 11.3 Å². The fourth-order valence-electron chi connectivity index (χ4n) is 3.50. The standard InChI is InChI=1S/C21H23NO3S/c1-13-10-16(14(2)26-13)20(24)25-12-15(23)11-19-21(3,4)17-8-6-7-9-18(17)22(19)5/h6-11H,12H2,1-5H3. The summed E-state index contributed by atoms with van der Waals surface area (Å²) in [5, 5.41) is 0. The van der Waals surface area contributed by atoms with E-state index in [1.165, 1.54) is 5.56 Å². The molecule has 1 aromatic carbocycles. The van der Waals surface area contributed by atoms with E-state index in [0.717, 1.165) is 21.1 Å². The van der Waals surface area contributed by atoms with Crippen LogP contribution in [0.3, 0.4) is 0 Å². The number of carbonyl (C=O) groups excluding carboxylic acids is 2. The van der Waals surface area contributed by atoms with Crippen molar-refractivity contribution in [3.8, 4) is 0 Å². The molecule has 136 valence electrons. The minimum Gasteiger partial charge on any atom is -0.454 e. The summed E-state index contributed by atoms with van der Waals surface area (Å²) in [6.07, 6.45) is 1.60. The number of benzene rings is 1. The topological polar surface area (TPSA) is 46.6 Å². The number of hydrogen-bond acceptors (Lipinski definition) is 5. The van der Waals surface area contributed by atoms with Gasteiger partial charge in [-0.25, -0.2) is 4.79 Å². The summed E-state index contributed by atoms with van der Waals surface area (Å²) in [4.78, 5) is 28.6. The summed E-state index contributed by atoms with van der Waals surface area (Å²) in [5.74, 6) is -0.661. The summed E-state index contributed by atoms with van der Waals surface area (Å²) < 4.78 is 5.23. The van der Waals surface area contributed by atoms with Crippen LogP contribution in [0, 0.1) is 13.8 Å². The quantitative estimate of drug-likeness (QED) is 0.592. The lowest BCUT2D eigenvalue weighted by Crippen LogP contribution is -2.25. The molecule has 1 aliphatic heterocycles. The highest BCUT2D eigenvalue weighted by atomic mass is 32.1. The Morgan fingerprint density at radius 2 is 1.92 bits per heavy atom. The Balaban J connectivity index is 1.73. The van der Waals surface area contributed by atoms with E-state index < -0.39 is 5.97 Å². The molecule has 0 N–H and O–H groups in total. The summed E-state index contributed by atoms with van der Waals surface area (Å²) in [6.45, 7) is 7.76. The lowest BCUT2D eigenvalue weighted by molar-refractivity contribution is -0.117. The number of hydrogen-bond donors (Lipinski definition) is 0. The minimum atomic E-state index is -0.444. The third-order valence-electron chi connectivity index (χ3n) is 4.84. The molecule has 0 fully saturated rings. The molecule has 1 aliphatic rings. The molecule has 26 heavy (non-hydrogen) atoms. The lowest BCUT2D eigenvalue weighted by atomic mass is 9.83. The van der Waals surface area contributed by atoms with Crippen LogP contribution in [-0.2, 0) is 14.9 Å². The van der Waals surface area contributed by atoms with Crippen LogP contribution in [0.1, 0.15) is 39.5 Å². The molecule has 0 saturated carbocycles. The number of anilines is 1. The van der Waals surface area contributed by atoms with Gasteiger partial charge >= 0.3 is 5.97 Å². The first-order chi connectivity index (χ1) is 12.2. The summed E-state index contributed by atoms with van der Waals surface area (Å²) in [7, 11) is 1.95. The zero-order valence-corrected chi connectivity index (χ0v) is 16.6. The van der Waals surface area contributed by atoms with Crippen LogP contribution in [0.2, 0.25) is 0 Å². The number of allylic oxidation sites excluding steroid dienone is 1. The number of rotatable bonds is 4. The van der Waals surface area contributed by atoms with Crippen molar-refractivity contribution in [3.63, 3.8) is 0 Å². The molecule has 2 heterocycles. The molecule has 0 amide bonds. The van der Waals surface area contributed by atoms with E-state index in [1.807, 2.05) is 44.0 Å². The molecule has 0 saturated heterocycles. The van der Waals surface area contributed by atoms with Crippen LogP contribution < -0.4 is 4.90 Å². The smallest absolute Gasteiger partial charge is 0.339 e. The average molecular weight is 369 g/mol. The maximum Gasteiger partial charge on any atom is 0.339 e. The van der Waals surface area contributed by atoms with Crippen molar-refractivity contribution < 1.29 is 14.3 Å². The molecule has 0 bridgehead atoms. The number of nitrogens with zero attached hydrogens (tertiary/aromatic N) is 1. The number of aryl methyl sites for hydroxylation is 2. The Hall–Kier alpha value is -2.40. The maximum atomic E-state index is 12.4. The van der Waals surface area contributed by atoms with E-state index in [4.69, 9.17) is 4.74 Å². The Bertz CT molecular complexity index is 908. The first-order valence-corrected chi connectivity index (χ1v) is 9.36. The second-order valence-electron chi connectivity index (χ2n) is 7.10.